The highest BCUT2D eigenvalue weighted by atomic mass is 32.2. The molecule has 0 radical (unpaired) electrons. The van der Waals surface area contributed by atoms with E-state index in [9.17, 15) is 23.1 Å². The second-order valence-corrected chi connectivity index (χ2v) is 8.65. The van der Waals surface area contributed by atoms with Gasteiger partial charge in [0.2, 0.25) is 0 Å². The molecule has 6 nitrogen and oxygen atoms in total. The van der Waals surface area contributed by atoms with Gasteiger partial charge in [0.1, 0.15) is 5.54 Å². The van der Waals surface area contributed by atoms with Crippen molar-refractivity contribution in [2.75, 3.05) is 0 Å². The fourth-order valence-corrected chi connectivity index (χ4v) is 4.66. The maximum atomic E-state index is 12.5. The highest BCUT2D eigenvalue weighted by Gasteiger charge is 2.33. The minimum atomic E-state index is -3.36. The molecule has 1 saturated carbocycles. The van der Waals surface area contributed by atoms with Crippen LogP contribution >= 0.6 is 0 Å². The molecule has 1 aromatic carbocycles. The Labute approximate surface area is 142 Å². The average molecular weight is 353 g/mol. The van der Waals surface area contributed by atoms with E-state index >= 15 is 0 Å². The third kappa shape index (κ3) is 3.61. The van der Waals surface area contributed by atoms with Gasteiger partial charge in [0.05, 0.1) is 10.1 Å². The lowest BCUT2D eigenvalue weighted by molar-refractivity contribution is -0.143. The molecule has 132 valence electrons. The van der Waals surface area contributed by atoms with Gasteiger partial charge in [-0.2, -0.15) is 0 Å². The average Bonchev–Trinajstić information content (AvgIpc) is 3.10. The molecular formula is C17H23NO5S. The Kier molecular flexibility index (Phi) is 5.32. The van der Waals surface area contributed by atoms with E-state index < -0.39 is 27.3 Å². The second kappa shape index (κ2) is 6.93. The van der Waals surface area contributed by atoms with E-state index in [-0.39, 0.29) is 22.1 Å². The third-order valence-electron chi connectivity index (χ3n) is 4.75. The minimum absolute atomic E-state index is 0.211. The van der Waals surface area contributed by atoms with Crippen LogP contribution in [0.15, 0.2) is 29.2 Å². The molecule has 1 atom stereocenters. The highest BCUT2D eigenvalue weighted by molar-refractivity contribution is 7.92. The maximum absolute atomic E-state index is 12.5. The molecule has 0 aromatic heterocycles. The van der Waals surface area contributed by atoms with E-state index in [0.717, 1.165) is 12.8 Å². The van der Waals surface area contributed by atoms with Gasteiger partial charge in [0, 0.05) is 5.56 Å². The molecular weight excluding hydrogens is 330 g/mol. The zero-order valence-corrected chi connectivity index (χ0v) is 14.7. The van der Waals surface area contributed by atoms with E-state index in [1.54, 1.807) is 6.92 Å². The zero-order valence-electron chi connectivity index (χ0n) is 13.9. The molecule has 1 aromatic rings. The monoisotopic (exact) mass is 353 g/mol. The third-order valence-corrected chi connectivity index (χ3v) is 7.03. The summed E-state index contributed by atoms with van der Waals surface area (Å²) >= 11 is 0. The SMILES string of the molecule is CCC(C)(NC(=O)c1ccc(S(=O)(=O)C2CCCC2)cc1)C(=O)O. The Morgan fingerprint density at radius 2 is 1.75 bits per heavy atom. The predicted molar refractivity (Wildman–Crippen MR) is 89.7 cm³/mol. The second-order valence-electron chi connectivity index (χ2n) is 6.42. The van der Waals surface area contributed by atoms with Crippen LogP contribution in [-0.4, -0.2) is 36.2 Å². The summed E-state index contributed by atoms with van der Waals surface area (Å²) in [5.41, 5.74) is -1.12. The van der Waals surface area contributed by atoms with Gasteiger partial charge in [-0.25, -0.2) is 13.2 Å². The van der Waals surface area contributed by atoms with Gasteiger partial charge >= 0.3 is 5.97 Å². The lowest BCUT2D eigenvalue weighted by Gasteiger charge is -2.24. The molecule has 1 amide bonds. The van der Waals surface area contributed by atoms with Crippen LogP contribution in [0.4, 0.5) is 0 Å². The number of carbonyl (C=O) groups is 2. The summed E-state index contributed by atoms with van der Waals surface area (Å²) in [4.78, 5) is 23.7. The smallest absolute Gasteiger partial charge is 0.329 e. The van der Waals surface area contributed by atoms with Crippen molar-refractivity contribution < 1.29 is 23.1 Å². The van der Waals surface area contributed by atoms with Crippen molar-refractivity contribution in [2.24, 2.45) is 0 Å². The largest absolute Gasteiger partial charge is 0.480 e. The molecule has 1 aliphatic rings. The Hall–Kier alpha value is -1.89. The molecule has 0 heterocycles. The van der Waals surface area contributed by atoms with Crippen LogP contribution in [0, 0.1) is 0 Å². The first-order valence-electron chi connectivity index (χ1n) is 8.10. The molecule has 24 heavy (non-hydrogen) atoms. The van der Waals surface area contributed by atoms with Crippen molar-refractivity contribution in [2.45, 2.75) is 61.6 Å². The van der Waals surface area contributed by atoms with Crippen molar-refractivity contribution in [1.29, 1.82) is 0 Å². The number of sulfone groups is 1. The van der Waals surface area contributed by atoms with Crippen LogP contribution < -0.4 is 5.32 Å². The number of aliphatic carboxylic acids is 1. The summed E-state index contributed by atoms with van der Waals surface area (Å²) in [6, 6.07) is 5.70. The van der Waals surface area contributed by atoms with Crippen LogP contribution in [0.2, 0.25) is 0 Å². The van der Waals surface area contributed by atoms with Gasteiger partial charge in [0.15, 0.2) is 9.84 Å². The highest BCUT2D eigenvalue weighted by Crippen LogP contribution is 2.29. The number of rotatable bonds is 6. The molecule has 7 heteroatoms. The normalized spacial score (nSPS) is 18.1. The number of carboxylic acids is 1. The lowest BCUT2D eigenvalue weighted by Crippen LogP contribution is -2.51. The van der Waals surface area contributed by atoms with E-state index in [2.05, 4.69) is 5.32 Å². The fraction of sp³-hybridized carbons (Fsp3) is 0.529. The van der Waals surface area contributed by atoms with Crippen LogP contribution in [0.3, 0.4) is 0 Å². The summed E-state index contributed by atoms with van der Waals surface area (Å²) in [5.74, 6) is -1.65. The van der Waals surface area contributed by atoms with Gasteiger partial charge in [0.25, 0.3) is 5.91 Å². The predicted octanol–water partition coefficient (Wildman–Crippen LogP) is 2.39. The molecule has 2 rings (SSSR count). The van der Waals surface area contributed by atoms with E-state index in [1.165, 1.54) is 31.2 Å². The first kappa shape index (κ1) is 18.4. The fourth-order valence-electron chi connectivity index (χ4n) is 2.80. The molecule has 0 aliphatic heterocycles. The van der Waals surface area contributed by atoms with Crippen LogP contribution in [0.25, 0.3) is 0 Å². The number of carbonyl (C=O) groups excluding carboxylic acids is 1. The van der Waals surface area contributed by atoms with Gasteiger partial charge < -0.3 is 10.4 Å². The number of benzene rings is 1. The molecule has 2 N–H and O–H groups in total. The van der Waals surface area contributed by atoms with E-state index in [1.807, 2.05) is 0 Å². The maximum Gasteiger partial charge on any atom is 0.329 e. The molecule has 1 aliphatic carbocycles. The molecule has 1 unspecified atom stereocenters. The van der Waals surface area contributed by atoms with Crippen molar-refractivity contribution in [3.05, 3.63) is 29.8 Å². The van der Waals surface area contributed by atoms with Gasteiger partial charge in [-0.15, -0.1) is 0 Å². The first-order chi connectivity index (χ1) is 11.2. The lowest BCUT2D eigenvalue weighted by atomic mass is 9.98. The topological polar surface area (TPSA) is 101 Å². The molecule has 1 fully saturated rings. The van der Waals surface area contributed by atoms with Crippen LogP contribution in [-0.2, 0) is 14.6 Å². The summed E-state index contributed by atoms with van der Waals surface area (Å²) in [5, 5.41) is 11.4. The molecule has 0 saturated heterocycles. The van der Waals surface area contributed by atoms with Gasteiger partial charge in [-0.05, 0) is 50.5 Å². The number of hydrogen-bond donors (Lipinski definition) is 2. The quantitative estimate of drug-likeness (QED) is 0.818. The van der Waals surface area contributed by atoms with Crippen LogP contribution in [0.1, 0.15) is 56.3 Å². The van der Waals surface area contributed by atoms with Crippen molar-refractivity contribution >= 4 is 21.7 Å². The van der Waals surface area contributed by atoms with Gasteiger partial charge in [-0.1, -0.05) is 19.8 Å². The van der Waals surface area contributed by atoms with E-state index in [4.69, 9.17) is 0 Å². The summed E-state index contributed by atoms with van der Waals surface area (Å²) in [7, 11) is -3.36. The number of hydrogen-bond acceptors (Lipinski definition) is 4. The Balaban J connectivity index is 2.17. The Morgan fingerprint density at radius 1 is 1.21 bits per heavy atom. The summed E-state index contributed by atoms with van der Waals surface area (Å²) < 4.78 is 25.0. The standard InChI is InChI=1S/C17H23NO5S/c1-3-17(2,16(20)21)18-15(19)12-8-10-14(11-9-12)24(22,23)13-6-4-5-7-13/h8-11,13H,3-7H2,1-2H3,(H,18,19)(H,20,21). The Morgan fingerprint density at radius 3 is 2.21 bits per heavy atom. The number of amides is 1. The summed E-state index contributed by atoms with van der Waals surface area (Å²) in [6.45, 7) is 3.11. The number of nitrogens with one attached hydrogen (secondary N) is 1. The van der Waals surface area contributed by atoms with Crippen molar-refractivity contribution in [3.63, 3.8) is 0 Å². The summed E-state index contributed by atoms with van der Waals surface area (Å²) in [6.07, 6.45) is 3.45. The first-order valence-corrected chi connectivity index (χ1v) is 9.65. The van der Waals surface area contributed by atoms with Crippen LogP contribution in [0.5, 0.6) is 0 Å². The van der Waals surface area contributed by atoms with E-state index in [0.29, 0.717) is 12.8 Å². The number of carboxylic acid groups (broad SMARTS) is 1. The molecule has 0 spiro atoms. The van der Waals surface area contributed by atoms with Crippen molar-refractivity contribution in [3.8, 4) is 0 Å². The molecule has 0 bridgehead atoms. The van der Waals surface area contributed by atoms with Crippen molar-refractivity contribution in [1.82, 2.24) is 5.32 Å². The van der Waals surface area contributed by atoms with Gasteiger partial charge in [-0.3, -0.25) is 4.79 Å². The zero-order chi connectivity index (χ0) is 18.0. The minimum Gasteiger partial charge on any atom is -0.480 e. The Bertz CT molecular complexity index is 720.